The molecule has 0 aromatic carbocycles. The van der Waals surface area contributed by atoms with Gasteiger partial charge < -0.3 is 0 Å². The number of aryl methyl sites for hydroxylation is 2. The van der Waals surface area contributed by atoms with Crippen LogP contribution < -0.4 is 0 Å². The van der Waals surface area contributed by atoms with E-state index >= 15 is 0 Å². The zero-order chi connectivity index (χ0) is 13.4. The fourth-order valence-electron chi connectivity index (χ4n) is 1.85. The van der Waals surface area contributed by atoms with Gasteiger partial charge in [-0.2, -0.15) is 0 Å². The number of carbonyl (C=O) groups excluding carboxylic acids is 1. The average molecular weight is 288 g/mol. The monoisotopic (exact) mass is 288 g/mol. The number of thiophene rings is 1. The molecule has 19 heavy (non-hydrogen) atoms. The van der Waals surface area contributed by atoms with Crippen molar-refractivity contribution in [3.05, 3.63) is 44.9 Å². The van der Waals surface area contributed by atoms with Crippen LogP contribution in [0.1, 0.15) is 25.9 Å². The highest BCUT2D eigenvalue weighted by Gasteiger charge is 2.12. The van der Waals surface area contributed by atoms with Crippen LogP contribution in [-0.2, 0) is 6.42 Å². The van der Waals surface area contributed by atoms with Crippen molar-refractivity contribution >= 4 is 38.7 Å². The Bertz CT molecular complexity index is 738. The van der Waals surface area contributed by atoms with Crippen LogP contribution in [0.2, 0.25) is 0 Å². The molecule has 0 saturated heterocycles. The molecule has 0 saturated carbocycles. The van der Waals surface area contributed by atoms with E-state index in [0.717, 1.165) is 20.9 Å². The maximum absolute atomic E-state index is 12.2. The number of carbonyl (C=O) groups is 1. The summed E-state index contributed by atoms with van der Waals surface area (Å²) in [5.41, 5.74) is 2.63. The Morgan fingerprint density at radius 2 is 2.21 bits per heavy atom. The Hall–Kier alpha value is -1.59. The van der Waals surface area contributed by atoms with E-state index in [4.69, 9.17) is 0 Å². The van der Waals surface area contributed by atoms with Gasteiger partial charge in [-0.15, -0.1) is 22.7 Å². The second kappa shape index (κ2) is 4.83. The van der Waals surface area contributed by atoms with Crippen molar-refractivity contribution in [2.75, 3.05) is 0 Å². The topological polar surface area (TPSA) is 42.9 Å². The fraction of sp³-hybridized carbons (Fsp3) is 0.214. The predicted octanol–water partition coefficient (Wildman–Crippen LogP) is 3.80. The highest BCUT2D eigenvalue weighted by atomic mass is 32.1. The molecule has 0 bridgehead atoms. The molecule has 5 heteroatoms. The minimum atomic E-state index is 0.0801. The molecule has 3 heterocycles. The van der Waals surface area contributed by atoms with Gasteiger partial charge in [-0.1, -0.05) is 0 Å². The standard InChI is InChI=1S/C14H12N2OS2/c1-8-9(2)19-14(16-8)6-12(17)10-5-13-11(15-7-10)3-4-18-13/h3-5,7H,6H2,1-2H3. The van der Waals surface area contributed by atoms with Crippen LogP contribution >= 0.6 is 22.7 Å². The van der Waals surface area contributed by atoms with Crippen molar-refractivity contribution in [1.29, 1.82) is 0 Å². The molecular formula is C14H12N2OS2. The number of nitrogens with zero attached hydrogens (tertiary/aromatic N) is 2. The highest BCUT2D eigenvalue weighted by molar-refractivity contribution is 7.17. The number of ketones is 1. The Kier molecular flexibility index (Phi) is 3.16. The molecule has 3 rings (SSSR count). The van der Waals surface area contributed by atoms with Crippen LogP contribution in [-0.4, -0.2) is 15.8 Å². The molecule has 96 valence electrons. The lowest BCUT2D eigenvalue weighted by molar-refractivity contribution is 0.0993. The molecule has 0 aliphatic rings. The Morgan fingerprint density at radius 1 is 1.37 bits per heavy atom. The summed E-state index contributed by atoms with van der Waals surface area (Å²) in [5.74, 6) is 0.0801. The van der Waals surface area contributed by atoms with E-state index in [0.29, 0.717) is 12.0 Å². The first-order chi connectivity index (χ1) is 9.13. The van der Waals surface area contributed by atoms with E-state index in [-0.39, 0.29) is 5.78 Å². The lowest BCUT2D eigenvalue weighted by Crippen LogP contribution is -2.03. The van der Waals surface area contributed by atoms with Crippen LogP contribution in [0.15, 0.2) is 23.7 Å². The zero-order valence-corrected chi connectivity index (χ0v) is 12.3. The molecule has 3 nitrogen and oxygen atoms in total. The van der Waals surface area contributed by atoms with Crippen LogP contribution in [0.4, 0.5) is 0 Å². The summed E-state index contributed by atoms with van der Waals surface area (Å²) in [4.78, 5) is 22.1. The number of aromatic nitrogens is 2. The molecule has 0 amide bonds. The molecule has 0 atom stereocenters. The third-order valence-electron chi connectivity index (χ3n) is 3.01. The maximum Gasteiger partial charge on any atom is 0.171 e. The van der Waals surface area contributed by atoms with Crippen molar-refractivity contribution < 1.29 is 4.79 Å². The lowest BCUT2D eigenvalue weighted by Gasteiger charge is -1.98. The van der Waals surface area contributed by atoms with E-state index in [1.807, 2.05) is 31.4 Å². The summed E-state index contributed by atoms with van der Waals surface area (Å²) >= 11 is 3.20. The summed E-state index contributed by atoms with van der Waals surface area (Å²) in [5, 5.41) is 2.87. The van der Waals surface area contributed by atoms with Crippen molar-refractivity contribution in [3.8, 4) is 0 Å². The van der Waals surface area contributed by atoms with E-state index in [1.165, 1.54) is 4.88 Å². The van der Waals surface area contributed by atoms with Gasteiger partial charge in [0.2, 0.25) is 0 Å². The first-order valence-electron chi connectivity index (χ1n) is 5.93. The van der Waals surface area contributed by atoms with Crippen molar-refractivity contribution in [1.82, 2.24) is 9.97 Å². The van der Waals surface area contributed by atoms with Gasteiger partial charge >= 0.3 is 0 Å². The number of hydrogen-bond acceptors (Lipinski definition) is 5. The van der Waals surface area contributed by atoms with E-state index in [9.17, 15) is 4.79 Å². The summed E-state index contributed by atoms with van der Waals surface area (Å²) in [6, 6.07) is 3.88. The number of rotatable bonds is 3. The summed E-state index contributed by atoms with van der Waals surface area (Å²) in [7, 11) is 0. The zero-order valence-electron chi connectivity index (χ0n) is 10.6. The lowest BCUT2D eigenvalue weighted by atomic mass is 10.1. The smallest absolute Gasteiger partial charge is 0.171 e. The molecule has 0 spiro atoms. The first-order valence-corrected chi connectivity index (χ1v) is 7.62. The molecule has 0 fully saturated rings. The Balaban J connectivity index is 1.86. The van der Waals surface area contributed by atoms with Gasteiger partial charge in [-0.3, -0.25) is 9.78 Å². The summed E-state index contributed by atoms with van der Waals surface area (Å²) in [6.07, 6.45) is 2.02. The first kappa shape index (κ1) is 12.4. The number of thiazole rings is 1. The van der Waals surface area contributed by atoms with Gasteiger partial charge in [0.15, 0.2) is 5.78 Å². The van der Waals surface area contributed by atoms with Crippen LogP contribution in [0.25, 0.3) is 10.2 Å². The molecule has 0 aliphatic carbocycles. The Morgan fingerprint density at radius 3 is 2.95 bits per heavy atom. The predicted molar refractivity (Wildman–Crippen MR) is 79.2 cm³/mol. The van der Waals surface area contributed by atoms with Crippen LogP contribution in [0, 0.1) is 13.8 Å². The van der Waals surface area contributed by atoms with Crippen LogP contribution in [0.5, 0.6) is 0 Å². The number of Topliss-reactive ketones (excluding diaryl/α,β-unsaturated/α-hetero) is 1. The average Bonchev–Trinajstić information content (AvgIpc) is 2.96. The Labute approximate surface area is 119 Å². The number of hydrogen-bond donors (Lipinski definition) is 0. The minimum Gasteiger partial charge on any atom is -0.294 e. The molecule has 3 aromatic heterocycles. The largest absolute Gasteiger partial charge is 0.294 e. The number of fused-ring (bicyclic) bond motifs is 1. The third kappa shape index (κ3) is 2.43. The van der Waals surface area contributed by atoms with Crippen molar-refractivity contribution in [2.45, 2.75) is 20.3 Å². The molecule has 0 radical (unpaired) electrons. The van der Waals surface area contributed by atoms with Gasteiger partial charge in [0.05, 0.1) is 22.3 Å². The third-order valence-corrected chi connectivity index (χ3v) is 4.94. The molecule has 0 aliphatic heterocycles. The number of pyridine rings is 1. The van der Waals surface area contributed by atoms with Crippen molar-refractivity contribution in [3.63, 3.8) is 0 Å². The second-order valence-corrected chi connectivity index (χ2v) is 6.61. The van der Waals surface area contributed by atoms with Crippen LogP contribution in [0.3, 0.4) is 0 Å². The normalized spacial score (nSPS) is 11.1. The van der Waals surface area contributed by atoms with E-state index < -0.39 is 0 Å². The molecule has 0 unspecified atom stereocenters. The highest BCUT2D eigenvalue weighted by Crippen LogP contribution is 2.22. The molecule has 0 N–H and O–H groups in total. The molecular weight excluding hydrogens is 276 g/mol. The van der Waals surface area contributed by atoms with E-state index in [1.54, 1.807) is 28.9 Å². The fourth-order valence-corrected chi connectivity index (χ4v) is 3.57. The van der Waals surface area contributed by atoms with Gasteiger partial charge in [0.25, 0.3) is 0 Å². The van der Waals surface area contributed by atoms with Gasteiger partial charge in [0, 0.05) is 16.6 Å². The minimum absolute atomic E-state index is 0.0801. The SMILES string of the molecule is Cc1nc(CC(=O)c2cnc3ccsc3c2)sc1C. The second-order valence-electron chi connectivity index (χ2n) is 4.38. The molecule has 3 aromatic rings. The van der Waals surface area contributed by atoms with Gasteiger partial charge in [0.1, 0.15) is 5.01 Å². The van der Waals surface area contributed by atoms with Crippen molar-refractivity contribution in [2.24, 2.45) is 0 Å². The quantitative estimate of drug-likeness (QED) is 0.689. The summed E-state index contributed by atoms with van der Waals surface area (Å²) in [6.45, 7) is 4.00. The van der Waals surface area contributed by atoms with E-state index in [2.05, 4.69) is 9.97 Å². The van der Waals surface area contributed by atoms with Gasteiger partial charge in [-0.25, -0.2) is 4.98 Å². The maximum atomic E-state index is 12.2. The van der Waals surface area contributed by atoms with Gasteiger partial charge in [-0.05, 0) is 31.4 Å². The summed E-state index contributed by atoms with van der Waals surface area (Å²) < 4.78 is 1.05.